The zero-order valence-corrected chi connectivity index (χ0v) is 16.1. The van der Waals surface area contributed by atoms with E-state index in [9.17, 15) is 9.18 Å². The molecule has 1 aliphatic rings. The standard InChI is InChI=1S/C24H29FO2/c1-2-3-5-8-19-15-17-24(18-16-19,21-11-13-22(25)14-12-21)27-23(26)20-9-6-4-7-10-20/h4,6-7,9-14,19H,2-3,5,8,15-18H2,1H3/t19-,24-. The van der Waals surface area contributed by atoms with Crippen molar-refractivity contribution in [2.24, 2.45) is 5.92 Å². The summed E-state index contributed by atoms with van der Waals surface area (Å²) < 4.78 is 19.5. The smallest absolute Gasteiger partial charge is 0.339 e. The van der Waals surface area contributed by atoms with Crippen LogP contribution in [0.25, 0.3) is 0 Å². The van der Waals surface area contributed by atoms with Crippen molar-refractivity contribution in [2.75, 3.05) is 0 Å². The molecule has 0 N–H and O–H groups in total. The molecule has 3 rings (SSSR count). The van der Waals surface area contributed by atoms with Crippen LogP contribution in [0.15, 0.2) is 54.6 Å². The Morgan fingerprint density at radius 1 is 1.04 bits per heavy atom. The number of esters is 1. The molecule has 1 saturated carbocycles. The Balaban J connectivity index is 1.76. The molecule has 1 aliphatic carbocycles. The molecule has 0 aromatic heterocycles. The van der Waals surface area contributed by atoms with Crippen LogP contribution >= 0.6 is 0 Å². The third kappa shape index (κ3) is 4.97. The lowest BCUT2D eigenvalue weighted by Crippen LogP contribution is -2.37. The molecule has 3 heteroatoms. The molecule has 0 saturated heterocycles. The van der Waals surface area contributed by atoms with Gasteiger partial charge in [-0.15, -0.1) is 0 Å². The molecule has 0 atom stereocenters. The minimum absolute atomic E-state index is 0.267. The van der Waals surface area contributed by atoms with E-state index in [2.05, 4.69) is 6.92 Å². The topological polar surface area (TPSA) is 26.3 Å². The van der Waals surface area contributed by atoms with E-state index in [0.29, 0.717) is 11.5 Å². The van der Waals surface area contributed by atoms with Crippen LogP contribution in [0.2, 0.25) is 0 Å². The molecule has 2 nitrogen and oxygen atoms in total. The number of halogens is 1. The third-order valence-corrected chi connectivity index (χ3v) is 5.80. The quantitative estimate of drug-likeness (QED) is 0.404. The first-order valence-electron chi connectivity index (χ1n) is 10.2. The number of unbranched alkanes of at least 4 members (excludes halogenated alkanes) is 2. The highest BCUT2D eigenvalue weighted by Crippen LogP contribution is 2.44. The lowest BCUT2D eigenvalue weighted by molar-refractivity contribution is -0.0499. The van der Waals surface area contributed by atoms with Gasteiger partial charge in [0, 0.05) is 0 Å². The molecule has 0 unspecified atom stereocenters. The van der Waals surface area contributed by atoms with Crippen LogP contribution < -0.4 is 0 Å². The fourth-order valence-corrected chi connectivity index (χ4v) is 4.13. The second-order valence-corrected chi connectivity index (χ2v) is 7.70. The van der Waals surface area contributed by atoms with E-state index >= 15 is 0 Å². The highest BCUT2D eigenvalue weighted by molar-refractivity contribution is 5.89. The summed E-state index contributed by atoms with van der Waals surface area (Å²) in [7, 11) is 0. The number of benzene rings is 2. The zero-order chi connectivity index (χ0) is 19.1. The number of ether oxygens (including phenoxy) is 1. The van der Waals surface area contributed by atoms with Gasteiger partial charge in [0.1, 0.15) is 11.4 Å². The van der Waals surface area contributed by atoms with Gasteiger partial charge in [0.2, 0.25) is 0 Å². The lowest BCUT2D eigenvalue weighted by atomic mass is 9.73. The largest absolute Gasteiger partial charge is 0.451 e. The van der Waals surface area contributed by atoms with Crippen molar-refractivity contribution < 1.29 is 13.9 Å². The Bertz CT molecular complexity index is 716. The van der Waals surface area contributed by atoms with Gasteiger partial charge in [-0.1, -0.05) is 62.9 Å². The Hall–Kier alpha value is -2.16. The predicted molar refractivity (Wildman–Crippen MR) is 106 cm³/mol. The Kier molecular flexibility index (Phi) is 6.65. The van der Waals surface area contributed by atoms with Gasteiger partial charge in [0.05, 0.1) is 5.56 Å². The number of hydrogen-bond donors (Lipinski definition) is 0. The highest BCUT2D eigenvalue weighted by atomic mass is 19.1. The van der Waals surface area contributed by atoms with E-state index in [-0.39, 0.29) is 11.8 Å². The van der Waals surface area contributed by atoms with Crippen LogP contribution in [0.5, 0.6) is 0 Å². The summed E-state index contributed by atoms with van der Waals surface area (Å²) in [5, 5.41) is 0. The molecule has 1 fully saturated rings. The van der Waals surface area contributed by atoms with Crippen molar-refractivity contribution in [3.8, 4) is 0 Å². The van der Waals surface area contributed by atoms with Crippen LogP contribution in [-0.2, 0) is 10.3 Å². The van der Waals surface area contributed by atoms with Crippen LogP contribution in [-0.4, -0.2) is 5.97 Å². The van der Waals surface area contributed by atoms with Gasteiger partial charge in [-0.3, -0.25) is 0 Å². The minimum atomic E-state index is -0.651. The molecular formula is C24H29FO2. The van der Waals surface area contributed by atoms with E-state index < -0.39 is 5.60 Å². The second-order valence-electron chi connectivity index (χ2n) is 7.70. The number of hydrogen-bond acceptors (Lipinski definition) is 2. The van der Waals surface area contributed by atoms with Crippen molar-refractivity contribution >= 4 is 5.97 Å². The summed E-state index contributed by atoms with van der Waals surface area (Å²) in [6.45, 7) is 2.23. The van der Waals surface area contributed by atoms with Gasteiger partial charge in [-0.2, -0.15) is 0 Å². The number of carbonyl (C=O) groups excluding carboxylic acids is 1. The van der Waals surface area contributed by atoms with Crippen LogP contribution in [0.3, 0.4) is 0 Å². The summed E-state index contributed by atoms with van der Waals surface area (Å²) in [5.41, 5.74) is 0.811. The third-order valence-electron chi connectivity index (χ3n) is 5.80. The molecule has 27 heavy (non-hydrogen) atoms. The summed E-state index contributed by atoms with van der Waals surface area (Å²) >= 11 is 0. The molecule has 0 amide bonds. The molecule has 0 radical (unpaired) electrons. The summed E-state index contributed by atoms with van der Waals surface area (Å²) in [5.74, 6) is 0.126. The highest BCUT2D eigenvalue weighted by Gasteiger charge is 2.40. The molecule has 144 valence electrons. The maximum Gasteiger partial charge on any atom is 0.339 e. The fraction of sp³-hybridized carbons (Fsp3) is 0.458. The van der Waals surface area contributed by atoms with Crippen molar-refractivity contribution in [1.29, 1.82) is 0 Å². The average molecular weight is 368 g/mol. The van der Waals surface area contributed by atoms with Crippen molar-refractivity contribution in [1.82, 2.24) is 0 Å². The summed E-state index contributed by atoms with van der Waals surface area (Å²) in [6.07, 6.45) is 8.73. The molecule has 0 bridgehead atoms. The molecule has 0 spiro atoms. The van der Waals surface area contributed by atoms with Gasteiger partial charge >= 0.3 is 5.97 Å². The summed E-state index contributed by atoms with van der Waals surface area (Å²) in [6, 6.07) is 15.6. The van der Waals surface area contributed by atoms with Crippen LogP contribution in [0.4, 0.5) is 4.39 Å². The normalized spacial score (nSPS) is 22.4. The van der Waals surface area contributed by atoms with Gasteiger partial charge in [0.25, 0.3) is 0 Å². The first-order valence-corrected chi connectivity index (χ1v) is 10.2. The first kappa shape index (κ1) is 19.6. The van der Waals surface area contributed by atoms with Crippen LogP contribution in [0.1, 0.15) is 74.2 Å². The maximum atomic E-state index is 13.4. The molecule has 2 aromatic carbocycles. The zero-order valence-electron chi connectivity index (χ0n) is 16.1. The van der Waals surface area contributed by atoms with E-state index in [1.165, 1.54) is 37.8 Å². The Morgan fingerprint density at radius 3 is 2.33 bits per heavy atom. The SMILES string of the molecule is CCCCC[C@H]1CC[C@@](OC(=O)c2ccccc2)(c2ccc(F)cc2)CC1. The van der Waals surface area contributed by atoms with Crippen molar-refractivity contribution in [3.63, 3.8) is 0 Å². The predicted octanol–water partition coefficient (Wildman–Crippen LogP) is 6.65. The van der Waals surface area contributed by atoms with E-state index in [0.717, 1.165) is 31.2 Å². The molecule has 2 aromatic rings. The van der Waals surface area contributed by atoms with E-state index in [1.54, 1.807) is 24.3 Å². The summed E-state index contributed by atoms with van der Waals surface area (Å²) in [4.78, 5) is 12.8. The lowest BCUT2D eigenvalue weighted by Gasteiger charge is -2.40. The molecular weight excluding hydrogens is 339 g/mol. The van der Waals surface area contributed by atoms with Crippen molar-refractivity contribution in [3.05, 3.63) is 71.5 Å². The van der Waals surface area contributed by atoms with Crippen molar-refractivity contribution in [2.45, 2.75) is 63.9 Å². The maximum absolute atomic E-state index is 13.4. The monoisotopic (exact) mass is 368 g/mol. The molecule has 0 heterocycles. The molecule has 0 aliphatic heterocycles. The van der Waals surface area contributed by atoms with Gasteiger partial charge in [0.15, 0.2) is 0 Å². The minimum Gasteiger partial charge on any atom is -0.451 e. The second kappa shape index (κ2) is 9.16. The van der Waals surface area contributed by atoms with Crippen LogP contribution in [0, 0.1) is 11.7 Å². The van der Waals surface area contributed by atoms with Gasteiger partial charge < -0.3 is 4.74 Å². The Labute approximate surface area is 161 Å². The van der Waals surface area contributed by atoms with Gasteiger partial charge in [-0.05, 0) is 61.4 Å². The van der Waals surface area contributed by atoms with E-state index in [1.807, 2.05) is 18.2 Å². The number of carbonyl (C=O) groups is 1. The number of rotatable bonds is 7. The fourth-order valence-electron chi connectivity index (χ4n) is 4.13. The first-order chi connectivity index (χ1) is 13.1. The Morgan fingerprint density at radius 2 is 1.70 bits per heavy atom. The average Bonchev–Trinajstić information content (AvgIpc) is 2.71. The van der Waals surface area contributed by atoms with Gasteiger partial charge in [-0.25, -0.2) is 9.18 Å². The van der Waals surface area contributed by atoms with E-state index in [4.69, 9.17) is 4.74 Å².